The zero-order valence-corrected chi connectivity index (χ0v) is 21.4. The number of hydrogen-bond acceptors (Lipinski definition) is 4. The SMILES string of the molecule is C=C(CC1CC(=O)N(CCN2CCOC2c2ccc(C)cc2)C1=O)CC(C)(C)CC(C)(C)C. The van der Waals surface area contributed by atoms with Crippen LogP contribution in [0.5, 0.6) is 0 Å². The van der Waals surface area contributed by atoms with Crippen molar-refractivity contribution in [3.05, 3.63) is 47.5 Å². The number of nitrogens with zero attached hydrogens (tertiary/aromatic N) is 2. The van der Waals surface area contributed by atoms with E-state index in [1.165, 1.54) is 10.5 Å². The Labute approximate surface area is 200 Å². The highest BCUT2D eigenvalue weighted by atomic mass is 16.5. The summed E-state index contributed by atoms with van der Waals surface area (Å²) in [5, 5.41) is 0. The molecule has 2 fully saturated rings. The lowest BCUT2D eigenvalue weighted by atomic mass is 9.72. The lowest BCUT2D eigenvalue weighted by molar-refractivity contribution is -0.139. The predicted octanol–water partition coefficient (Wildman–Crippen LogP) is 5.50. The van der Waals surface area contributed by atoms with Crippen LogP contribution in [0.1, 0.15) is 77.7 Å². The summed E-state index contributed by atoms with van der Waals surface area (Å²) in [6, 6.07) is 8.35. The van der Waals surface area contributed by atoms with Gasteiger partial charge in [0.05, 0.1) is 12.5 Å². The summed E-state index contributed by atoms with van der Waals surface area (Å²) >= 11 is 0. The Morgan fingerprint density at radius 1 is 1.09 bits per heavy atom. The van der Waals surface area contributed by atoms with Crippen LogP contribution in [-0.4, -0.2) is 47.9 Å². The van der Waals surface area contributed by atoms with Crippen molar-refractivity contribution >= 4 is 11.8 Å². The van der Waals surface area contributed by atoms with E-state index in [0.29, 0.717) is 32.5 Å². The number of amides is 2. The largest absolute Gasteiger partial charge is 0.358 e. The summed E-state index contributed by atoms with van der Waals surface area (Å²) < 4.78 is 5.94. The topological polar surface area (TPSA) is 49.9 Å². The Bertz CT molecular complexity index is 866. The maximum atomic E-state index is 13.1. The first kappa shape index (κ1) is 25.6. The maximum absolute atomic E-state index is 13.1. The number of likely N-dealkylation sites (tertiary alicyclic amines) is 1. The standard InChI is InChI=1S/C28H42N2O3/c1-20-8-10-22(11-9-20)26-29(14-15-33-26)12-13-30-24(31)17-23(25(30)32)16-21(2)18-28(6,7)19-27(3,4)5/h8-11,23,26H,2,12-19H2,1,3-7H3. The minimum atomic E-state index is -0.266. The van der Waals surface area contributed by atoms with Gasteiger partial charge < -0.3 is 4.74 Å². The molecule has 33 heavy (non-hydrogen) atoms. The molecule has 2 heterocycles. The second-order valence-electron chi connectivity index (χ2n) is 12.0. The maximum Gasteiger partial charge on any atom is 0.233 e. The van der Waals surface area contributed by atoms with Crippen molar-refractivity contribution in [1.82, 2.24) is 9.80 Å². The first-order valence-electron chi connectivity index (χ1n) is 12.3. The first-order valence-corrected chi connectivity index (χ1v) is 12.3. The van der Waals surface area contributed by atoms with Gasteiger partial charge in [0.1, 0.15) is 6.23 Å². The third-order valence-corrected chi connectivity index (χ3v) is 6.57. The average molecular weight is 455 g/mol. The lowest BCUT2D eigenvalue weighted by Gasteiger charge is -2.33. The summed E-state index contributed by atoms with van der Waals surface area (Å²) in [6.45, 7) is 20.1. The first-order chi connectivity index (χ1) is 15.3. The van der Waals surface area contributed by atoms with Crippen molar-refractivity contribution in [3.8, 4) is 0 Å². The fourth-order valence-corrected chi connectivity index (χ4v) is 5.74. The molecule has 2 amide bonds. The van der Waals surface area contributed by atoms with Gasteiger partial charge in [-0.25, -0.2) is 0 Å². The molecule has 2 aliphatic rings. The molecule has 0 bridgehead atoms. The minimum absolute atomic E-state index is 0.0400. The van der Waals surface area contributed by atoms with Crippen LogP contribution >= 0.6 is 0 Å². The Balaban J connectivity index is 1.53. The molecule has 3 rings (SSSR count). The second-order valence-corrected chi connectivity index (χ2v) is 12.0. The van der Waals surface area contributed by atoms with Gasteiger partial charge in [-0.1, -0.05) is 76.6 Å². The molecule has 0 radical (unpaired) electrons. The van der Waals surface area contributed by atoms with E-state index in [-0.39, 0.29) is 34.8 Å². The van der Waals surface area contributed by atoms with Gasteiger partial charge in [0.2, 0.25) is 11.8 Å². The van der Waals surface area contributed by atoms with E-state index in [4.69, 9.17) is 4.74 Å². The molecule has 182 valence electrons. The van der Waals surface area contributed by atoms with Crippen molar-refractivity contribution in [2.45, 2.75) is 73.5 Å². The second kappa shape index (κ2) is 10.1. The minimum Gasteiger partial charge on any atom is -0.358 e. The molecule has 2 unspecified atom stereocenters. The quantitative estimate of drug-likeness (QED) is 0.365. The van der Waals surface area contributed by atoms with Crippen molar-refractivity contribution in [2.75, 3.05) is 26.2 Å². The van der Waals surface area contributed by atoms with E-state index in [9.17, 15) is 9.59 Å². The molecule has 2 saturated heterocycles. The molecule has 0 aromatic heterocycles. The van der Waals surface area contributed by atoms with Gasteiger partial charge >= 0.3 is 0 Å². The van der Waals surface area contributed by atoms with Crippen LogP contribution in [0, 0.1) is 23.7 Å². The highest BCUT2D eigenvalue weighted by molar-refractivity contribution is 6.03. The molecule has 0 spiro atoms. The molecule has 5 heteroatoms. The number of allylic oxidation sites excluding steroid dienone is 1. The zero-order chi connectivity index (χ0) is 24.4. The molecular formula is C28H42N2O3. The number of imide groups is 1. The number of hydrogen-bond donors (Lipinski definition) is 0. The summed E-state index contributed by atoms with van der Waals surface area (Å²) in [5.74, 6) is -0.362. The van der Waals surface area contributed by atoms with Crippen LogP contribution in [-0.2, 0) is 14.3 Å². The highest BCUT2D eigenvalue weighted by Gasteiger charge is 2.39. The molecule has 0 saturated carbocycles. The van der Waals surface area contributed by atoms with Crippen LogP contribution in [0.15, 0.2) is 36.4 Å². The van der Waals surface area contributed by atoms with Gasteiger partial charge in [0, 0.05) is 26.1 Å². The fraction of sp³-hybridized carbons (Fsp3) is 0.643. The van der Waals surface area contributed by atoms with Gasteiger partial charge in [-0.2, -0.15) is 0 Å². The Hall–Kier alpha value is -1.98. The van der Waals surface area contributed by atoms with E-state index >= 15 is 0 Å². The molecule has 5 nitrogen and oxygen atoms in total. The van der Waals surface area contributed by atoms with Crippen molar-refractivity contribution in [2.24, 2.45) is 16.7 Å². The molecule has 1 aromatic carbocycles. The number of benzene rings is 1. The highest BCUT2D eigenvalue weighted by Crippen LogP contribution is 2.39. The fourth-order valence-electron chi connectivity index (χ4n) is 5.74. The summed E-state index contributed by atoms with van der Waals surface area (Å²) in [6.07, 6.45) is 2.76. The third-order valence-electron chi connectivity index (χ3n) is 6.57. The Kier molecular flexibility index (Phi) is 7.85. The monoisotopic (exact) mass is 454 g/mol. The number of ether oxygens (including phenoxy) is 1. The van der Waals surface area contributed by atoms with Gasteiger partial charge in [-0.05, 0) is 42.6 Å². The van der Waals surface area contributed by atoms with Crippen LogP contribution in [0.3, 0.4) is 0 Å². The van der Waals surface area contributed by atoms with Crippen molar-refractivity contribution in [3.63, 3.8) is 0 Å². The Morgan fingerprint density at radius 2 is 1.76 bits per heavy atom. The number of carbonyl (C=O) groups is 2. The summed E-state index contributed by atoms with van der Waals surface area (Å²) in [7, 11) is 0. The van der Waals surface area contributed by atoms with Crippen LogP contribution in [0.2, 0.25) is 0 Å². The lowest BCUT2D eigenvalue weighted by Crippen LogP contribution is -2.38. The van der Waals surface area contributed by atoms with Gasteiger partial charge in [-0.15, -0.1) is 0 Å². The molecule has 0 aliphatic carbocycles. The van der Waals surface area contributed by atoms with E-state index in [1.54, 1.807) is 0 Å². The van der Waals surface area contributed by atoms with Gasteiger partial charge in [0.15, 0.2) is 0 Å². The third kappa shape index (κ3) is 7.00. The molecule has 1 aromatic rings. The molecule has 2 atom stereocenters. The van der Waals surface area contributed by atoms with E-state index in [1.807, 2.05) is 0 Å². The smallest absolute Gasteiger partial charge is 0.233 e. The zero-order valence-electron chi connectivity index (χ0n) is 21.4. The van der Waals surface area contributed by atoms with Crippen LogP contribution < -0.4 is 0 Å². The van der Waals surface area contributed by atoms with E-state index < -0.39 is 0 Å². The average Bonchev–Trinajstić information content (AvgIpc) is 3.23. The predicted molar refractivity (Wildman–Crippen MR) is 132 cm³/mol. The van der Waals surface area contributed by atoms with Crippen molar-refractivity contribution in [1.29, 1.82) is 0 Å². The summed E-state index contributed by atoms with van der Waals surface area (Å²) in [4.78, 5) is 29.4. The molecule has 2 aliphatic heterocycles. The molecular weight excluding hydrogens is 412 g/mol. The van der Waals surface area contributed by atoms with Gasteiger partial charge in [-0.3, -0.25) is 19.4 Å². The number of aryl methyl sites for hydroxylation is 1. The normalized spacial score (nSPS) is 22.4. The summed E-state index contributed by atoms with van der Waals surface area (Å²) in [5.41, 5.74) is 3.77. The number of rotatable bonds is 9. The van der Waals surface area contributed by atoms with Crippen LogP contribution in [0.25, 0.3) is 0 Å². The van der Waals surface area contributed by atoms with Gasteiger partial charge in [0.25, 0.3) is 0 Å². The van der Waals surface area contributed by atoms with Crippen molar-refractivity contribution < 1.29 is 14.3 Å². The Morgan fingerprint density at radius 3 is 2.39 bits per heavy atom. The van der Waals surface area contributed by atoms with Crippen LogP contribution in [0.4, 0.5) is 0 Å². The van der Waals surface area contributed by atoms with E-state index in [0.717, 1.165) is 30.5 Å². The molecule has 0 N–H and O–H groups in total. The van der Waals surface area contributed by atoms with E-state index in [2.05, 4.69) is 77.3 Å². The number of carbonyl (C=O) groups excluding carboxylic acids is 2.